The number of methoxy groups -OCH3 is 1. The molecule has 0 radical (unpaired) electrons. The molecule has 0 aromatic heterocycles. The Hall–Kier alpha value is -3.49. The number of nitrogens with one attached hydrogen (secondary N) is 2. The molecule has 2 aromatic rings. The van der Waals surface area contributed by atoms with Gasteiger partial charge in [-0.1, -0.05) is 54.6 Å². The summed E-state index contributed by atoms with van der Waals surface area (Å²) < 4.78 is 15.9. The third kappa shape index (κ3) is 9.04. The second-order valence-corrected chi connectivity index (χ2v) is 10.2. The van der Waals surface area contributed by atoms with Crippen LogP contribution in [-0.2, 0) is 36.7 Å². The van der Waals surface area contributed by atoms with E-state index in [1.54, 1.807) is 14.0 Å². The minimum atomic E-state index is -0.874. The lowest BCUT2D eigenvalue weighted by Crippen LogP contribution is -2.49. The zero-order chi connectivity index (χ0) is 28.4. The molecule has 2 N–H and O–H groups in total. The van der Waals surface area contributed by atoms with Gasteiger partial charge in [-0.2, -0.15) is 0 Å². The van der Waals surface area contributed by atoms with Crippen LogP contribution in [0.4, 0.5) is 0 Å². The van der Waals surface area contributed by atoms with Crippen LogP contribution in [0.3, 0.4) is 0 Å². The summed E-state index contributed by atoms with van der Waals surface area (Å²) in [6.07, 6.45) is 1.12. The molecule has 0 bridgehead atoms. The maximum absolute atomic E-state index is 13.8. The lowest BCUT2D eigenvalue weighted by atomic mass is 9.88. The molecule has 4 atom stereocenters. The van der Waals surface area contributed by atoms with Crippen molar-refractivity contribution in [3.05, 3.63) is 77.9 Å². The van der Waals surface area contributed by atoms with Crippen molar-refractivity contribution in [2.45, 2.75) is 57.7 Å². The van der Waals surface area contributed by atoms with Crippen LogP contribution in [0.25, 0.3) is 0 Å². The molecule has 0 saturated carbocycles. The molecule has 8 nitrogen and oxygen atoms in total. The number of rotatable bonds is 16. The van der Waals surface area contributed by atoms with E-state index in [-0.39, 0.29) is 30.2 Å². The Labute approximate surface area is 231 Å². The lowest BCUT2D eigenvalue weighted by molar-refractivity contribution is -0.132. The Morgan fingerprint density at radius 3 is 2.26 bits per heavy atom. The Bertz CT molecular complexity index is 1130. The van der Waals surface area contributed by atoms with E-state index in [0.717, 1.165) is 16.9 Å². The van der Waals surface area contributed by atoms with E-state index in [9.17, 15) is 14.4 Å². The van der Waals surface area contributed by atoms with Gasteiger partial charge >= 0.3 is 0 Å². The van der Waals surface area contributed by atoms with Crippen LogP contribution in [-0.4, -0.2) is 62.2 Å². The summed E-state index contributed by atoms with van der Waals surface area (Å²) in [5, 5.41) is 5.90. The zero-order valence-electron chi connectivity index (χ0n) is 23.3. The lowest BCUT2D eigenvalue weighted by Gasteiger charge is -2.25. The van der Waals surface area contributed by atoms with Crippen LogP contribution in [0.15, 0.2) is 66.7 Å². The summed E-state index contributed by atoms with van der Waals surface area (Å²) in [4.78, 5) is 39.3. The molecule has 0 unspecified atom stereocenters. The number of epoxide rings is 1. The average molecular weight is 537 g/mol. The van der Waals surface area contributed by atoms with E-state index in [4.69, 9.17) is 14.2 Å². The number of Topliss-reactive ketones (excluding diaryl/α,β-unsaturated/α-hetero) is 1. The summed E-state index contributed by atoms with van der Waals surface area (Å²) >= 11 is 0. The third-order valence-corrected chi connectivity index (χ3v) is 6.96. The number of carbonyl (C=O) groups excluding carboxylic acids is 3. The summed E-state index contributed by atoms with van der Waals surface area (Å²) in [5.41, 5.74) is 1.72. The minimum Gasteiger partial charge on any atom is -0.497 e. The molecule has 1 fully saturated rings. The molecule has 1 aliphatic rings. The van der Waals surface area contributed by atoms with Crippen LogP contribution in [0, 0.1) is 5.92 Å². The first-order valence-corrected chi connectivity index (χ1v) is 13.4. The summed E-state index contributed by atoms with van der Waals surface area (Å²) in [6.45, 7) is 10.3. The van der Waals surface area contributed by atoms with Crippen molar-refractivity contribution >= 4 is 17.6 Å². The van der Waals surface area contributed by atoms with Gasteiger partial charge in [-0.3, -0.25) is 14.4 Å². The van der Waals surface area contributed by atoms with Crippen molar-refractivity contribution in [3.8, 4) is 5.75 Å². The topological polar surface area (TPSA) is 106 Å². The Morgan fingerprint density at radius 1 is 1.03 bits per heavy atom. The fraction of sp³-hybridized carbons (Fsp3) is 0.452. The Balaban J connectivity index is 1.78. The van der Waals surface area contributed by atoms with Crippen molar-refractivity contribution in [2.24, 2.45) is 5.92 Å². The summed E-state index contributed by atoms with van der Waals surface area (Å²) in [6, 6.07) is 16.0. The van der Waals surface area contributed by atoms with Crippen molar-refractivity contribution in [1.82, 2.24) is 10.6 Å². The van der Waals surface area contributed by atoms with Gasteiger partial charge in [-0.25, -0.2) is 0 Å². The van der Waals surface area contributed by atoms with Crippen molar-refractivity contribution in [2.75, 3.05) is 26.9 Å². The Morgan fingerprint density at radius 2 is 1.67 bits per heavy atom. The fourth-order valence-corrected chi connectivity index (χ4v) is 4.34. The van der Waals surface area contributed by atoms with Crippen molar-refractivity contribution in [1.29, 1.82) is 0 Å². The number of hydrogen-bond acceptors (Lipinski definition) is 6. The van der Waals surface area contributed by atoms with Gasteiger partial charge in [0.25, 0.3) is 0 Å². The normalized spacial score (nSPS) is 18.4. The molecule has 8 heteroatoms. The highest BCUT2D eigenvalue weighted by molar-refractivity contribution is 5.97. The van der Waals surface area contributed by atoms with E-state index >= 15 is 0 Å². The minimum absolute atomic E-state index is 0.0337. The van der Waals surface area contributed by atoms with E-state index in [1.807, 2.05) is 68.4 Å². The number of amides is 2. The molecule has 1 heterocycles. The molecule has 2 amide bonds. The average Bonchev–Trinajstić information content (AvgIpc) is 3.69. The van der Waals surface area contributed by atoms with Gasteiger partial charge in [0.2, 0.25) is 11.8 Å². The smallest absolute Gasteiger partial charge is 0.246 e. The van der Waals surface area contributed by atoms with E-state index < -0.39 is 17.6 Å². The largest absolute Gasteiger partial charge is 0.497 e. The molecule has 39 heavy (non-hydrogen) atoms. The molecule has 1 saturated heterocycles. The number of carbonyl (C=O) groups is 3. The van der Waals surface area contributed by atoms with Gasteiger partial charge in [0.05, 0.1) is 19.8 Å². The van der Waals surface area contributed by atoms with Crippen LogP contribution < -0.4 is 15.4 Å². The van der Waals surface area contributed by atoms with Gasteiger partial charge in [0, 0.05) is 18.6 Å². The highest BCUT2D eigenvalue weighted by Crippen LogP contribution is 2.29. The van der Waals surface area contributed by atoms with Gasteiger partial charge in [0.1, 0.15) is 18.0 Å². The second-order valence-electron chi connectivity index (χ2n) is 10.2. The first-order valence-electron chi connectivity index (χ1n) is 13.4. The molecular weight excluding hydrogens is 496 g/mol. The number of ketones is 1. The molecule has 0 spiro atoms. The van der Waals surface area contributed by atoms with Gasteiger partial charge in [0.15, 0.2) is 5.78 Å². The predicted molar refractivity (Wildman–Crippen MR) is 149 cm³/mol. The highest BCUT2D eigenvalue weighted by Gasteiger charge is 2.50. The van der Waals surface area contributed by atoms with Crippen molar-refractivity contribution < 1.29 is 28.6 Å². The highest BCUT2D eigenvalue weighted by atomic mass is 16.6. The van der Waals surface area contributed by atoms with Gasteiger partial charge in [-0.05, 0) is 63.3 Å². The standard InChI is InChI=1S/C31H40N2O6/c1-6-38-19-28(34)32-22(3)21(2)16-25(17-24-12-14-26(37-5)15-13-24)30(36)33-27(29(35)31(4)20-39-31)18-23-10-8-7-9-11-23/h7-15,22,25,27H,2,6,16-20H2,1,3-5H3,(H,32,34)(H,33,36)/t22-,25-,27-,31+/m0/s1. The zero-order valence-corrected chi connectivity index (χ0v) is 23.3. The molecular formula is C31H40N2O6. The number of ether oxygens (including phenoxy) is 3. The first kappa shape index (κ1) is 30.1. The fourth-order valence-electron chi connectivity index (χ4n) is 4.34. The monoisotopic (exact) mass is 536 g/mol. The van der Waals surface area contributed by atoms with Crippen LogP contribution >= 0.6 is 0 Å². The second kappa shape index (κ2) is 14.1. The van der Waals surface area contributed by atoms with Crippen molar-refractivity contribution in [3.63, 3.8) is 0 Å². The summed E-state index contributed by atoms with van der Waals surface area (Å²) in [5.74, 6) is -0.429. The molecule has 1 aliphatic heterocycles. The Kier molecular flexibility index (Phi) is 10.8. The predicted octanol–water partition coefficient (Wildman–Crippen LogP) is 3.43. The van der Waals surface area contributed by atoms with E-state index in [1.165, 1.54) is 0 Å². The van der Waals surface area contributed by atoms with Crippen LogP contribution in [0.2, 0.25) is 0 Å². The van der Waals surface area contributed by atoms with Crippen LogP contribution in [0.1, 0.15) is 38.3 Å². The first-order chi connectivity index (χ1) is 18.6. The van der Waals surface area contributed by atoms with E-state index in [2.05, 4.69) is 17.2 Å². The molecule has 210 valence electrons. The maximum atomic E-state index is 13.8. The molecule has 3 rings (SSSR count). The number of hydrogen-bond donors (Lipinski definition) is 2. The number of benzene rings is 2. The maximum Gasteiger partial charge on any atom is 0.246 e. The molecule has 2 aromatic carbocycles. The quantitative estimate of drug-likeness (QED) is 0.252. The van der Waals surface area contributed by atoms with E-state index in [0.29, 0.717) is 38.0 Å². The van der Waals surface area contributed by atoms with Gasteiger partial charge < -0.3 is 24.8 Å². The van der Waals surface area contributed by atoms with Crippen LogP contribution in [0.5, 0.6) is 5.75 Å². The third-order valence-electron chi connectivity index (χ3n) is 6.96. The van der Waals surface area contributed by atoms with Gasteiger partial charge in [-0.15, -0.1) is 0 Å². The summed E-state index contributed by atoms with van der Waals surface area (Å²) in [7, 11) is 1.60. The molecule has 0 aliphatic carbocycles. The SMILES string of the molecule is C=C(C[C@@H](Cc1ccc(OC)cc1)C(=O)N[C@@H](Cc1ccccc1)C(=O)[C@@]1(C)CO1)[C@H](C)NC(=O)COCC.